The Labute approximate surface area is 167 Å². The highest BCUT2D eigenvalue weighted by Gasteiger charge is 2.29. The number of rotatable bonds is 4. The summed E-state index contributed by atoms with van der Waals surface area (Å²) in [6.45, 7) is 6.47. The molecule has 1 aromatic carbocycles. The number of carbonyl (C=O) groups is 1. The number of fused-ring (bicyclic) bond motifs is 1. The Morgan fingerprint density at radius 3 is 2.48 bits per heavy atom. The van der Waals surface area contributed by atoms with E-state index in [-0.39, 0.29) is 17.1 Å². The van der Waals surface area contributed by atoms with Gasteiger partial charge < -0.3 is 14.1 Å². The van der Waals surface area contributed by atoms with E-state index in [0.29, 0.717) is 33.6 Å². The summed E-state index contributed by atoms with van der Waals surface area (Å²) in [4.78, 5) is 18.9. The molecule has 0 spiro atoms. The normalized spacial score (nSPS) is 11.6. The van der Waals surface area contributed by atoms with Gasteiger partial charge in [-0.2, -0.15) is 0 Å². The van der Waals surface area contributed by atoms with Gasteiger partial charge in [-0.1, -0.05) is 50.0 Å². The van der Waals surface area contributed by atoms with Crippen molar-refractivity contribution in [2.75, 3.05) is 18.6 Å². The maximum absolute atomic E-state index is 13.4. The lowest BCUT2D eigenvalue weighted by molar-refractivity contribution is 0.0953. The number of hydrogen-bond acceptors (Lipinski definition) is 4. The van der Waals surface area contributed by atoms with Gasteiger partial charge in [0.05, 0.1) is 28.2 Å². The van der Waals surface area contributed by atoms with Crippen molar-refractivity contribution < 1.29 is 13.9 Å². The summed E-state index contributed by atoms with van der Waals surface area (Å²) in [5.41, 5.74) is 0.788. The van der Waals surface area contributed by atoms with Crippen molar-refractivity contribution in [2.24, 2.45) is 5.41 Å². The molecule has 0 aliphatic rings. The highest BCUT2D eigenvalue weighted by Crippen LogP contribution is 2.36. The fourth-order valence-corrected chi connectivity index (χ4v) is 3.41. The summed E-state index contributed by atoms with van der Waals surface area (Å²) in [5.74, 6) is 0.485. The Kier molecular flexibility index (Phi) is 5.36. The molecular weight excluding hydrogens is 387 g/mol. The molecule has 2 heterocycles. The number of nitrogens with zero attached hydrogens (tertiary/aromatic N) is 2. The number of halogens is 2. The molecule has 0 radical (unpaired) electrons. The van der Waals surface area contributed by atoms with E-state index in [1.807, 2.05) is 32.9 Å². The zero-order valence-electron chi connectivity index (χ0n) is 15.5. The van der Waals surface area contributed by atoms with Crippen LogP contribution in [0.1, 0.15) is 31.3 Å². The van der Waals surface area contributed by atoms with E-state index in [1.165, 1.54) is 17.3 Å². The van der Waals surface area contributed by atoms with E-state index in [0.717, 1.165) is 5.39 Å². The van der Waals surface area contributed by atoms with Crippen molar-refractivity contribution in [3.63, 3.8) is 0 Å². The fraction of sp³-hybridized carbons (Fsp3) is 0.300. The molecule has 2 aromatic heterocycles. The number of carbonyl (C=O) groups excluding carboxylic acids is 1. The summed E-state index contributed by atoms with van der Waals surface area (Å²) >= 11 is 12.6. The van der Waals surface area contributed by atoms with Crippen LogP contribution in [0.15, 0.2) is 41.1 Å². The average molecular weight is 407 g/mol. The minimum Gasteiger partial charge on any atom is -0.496 e. The number of amides is 1. The van der Waals surface area contributed by atoms with Crippen LogP contribution in [0.25, 0.3) is 11.0 Å². The number of furan rings is 1. The van der Waals surface area contributed by atoms with Gasteiger partial charge in [-0.3, -0.25) is 9.78 Å². The number of pyridine rings is 1. The standard InChI is InChI=1S/C20H20Cl2N2O3/c1-20(2,3)11-24(18-13(21)9-23-10-14(18)22)19(25)17-8-12-15(26-4)6-5-7-16(12)27-17/h5-10H,11H2,1-4H3. The van der Waals surface area contributed by atoms with E-state index in [1.54, 1.807) is 19.2 Å². The van der Waals surface area contributed by atoms with Crippen LogP contribution in [0.4, 0.5) is 5.69 Å². The largest absolute Gasteiger partial charge is 0.496 e. The van der Waals surface area contributed by atoms with Crippen LogP contribution in [-0.4, -0.2) is 24.5 Å². The molecular formula is C20H20Cl2N2O3. The number of aromatic nitrogens is 1. The lowest BCUT2D eigenvalue weighted by Gasteiger charge is -2.30. The molecule has 0 fully saturated rings. The molecule has 3 rings (SSSR count). The number of hydrogen-bond donors (Lipinski definition) is 0. The van der Waals surface area contributed by atoms with E-state index < -0.39 is 0 Å². The van der Waals surface area contributed by atoms with Gasteiger partial charge in [0.25, 0.3) is 5.91 Å². The number of methoxy groups -OCH3 is 1. The first-order valence-electron chi connectivity index (χ1n) is 8.38. The molecule has 0 unspecified atom stereocenters. The second-order valence-corrected chi connectivity index (χ2v) is 8.20. The van der Waals surface area contributed by atoms with Gasteiger partial charge in [0.15, 0.2) is 5.76 Å². The van der Waals surface area contributed by atoms with Crippen molar-refractivity contribution in [3.8, 4) is 5.75 Å². The highest BCUT2D eigenvalue weighted by molar-refractivity contribution is 6.40. The number of ether oxygens (including phenoxy) is 1. The lowest BCUT2D eigenvalue weighted by atomic mass is 9.95. The minimum absolute atomic E-state index is 0.183. The van der Waals surface area contributed by atoms with E-state index in [9.17, 15) is 4.79 Å². The van der Waals surface area contributed by atoms with Crippen molar-refractivity contribution in [1.82, 2.24) is 4.98 Å². The number of benzene rings is 1. The third kappa shape index (κ3) is 4.04. The molecule has 27 heavy (non-hydrogen) atoms. The van der Waals surface area contributed by atoms with Crippen LogP contribution in [0.5, 0.6) is 5.75 Å². The predicted molar refractivity (Wildman–Crippen MR) is 108 cm³/mol. The van der Waals surface area contributed by atoms with Crippen LogP contribution >= 0.6 is 23.2 Å². The second kappa shape index (κ2) is 7.41. The zero-order valence-corrected chi connectivity index (χ0v) is 17.1. The molecule has 1 amide bonds. The summed E-state index contributed by atoms with van der Waals surface area (Å²) in [5, 5.41) is 1.33. The van der Waals surface area contributed by atoms with E-state index in [2.05, 4.69) is 4.98 Å². The van der Waals surface area contributed by atoms with Crippen LogP contribution in [0, 0.1) is 5.41 Å². The molecule has 0 aliphatic carbocycles. The summed E-state index contributed by atoms with van der Waals surface area (Å²) in [6, 6.07) is 7.09. The minimum atomic E-state index is -0.335. The van der Waals surface area contributed by atoms with Gasteiger partial charge in [0.1, 0.15) is 11.3 Å². The Morgan fingerprint density at radius 2 is 1.89 bits per heavy atom. The summed E-state index contributed by atoms with van der Waals surface area (Å²) in [6.07, 6.45) is 2.93. The molecule has 3 aromatic rings. The van der Waals surface area contributed by atoms with Gasteiger partial charge in [0, 0.05) is 25.0 Å². The van der Waals surface area contributed by atoms with Gasteiger partial charge in [0.2, 0.25) is 0 Å². The first-order chi connectivity index (χ1) is 12.7. The first-order valence-corrected chi connectivity index (χ1v) is 9.14. The van der Waals surface area contributed by atoms with Crippen LogP contribution in [-0.2, 0) is 0 Å². The Hall–Kier alpha value is -2.24. The maximum Gasteiger partial charge on any atom is 0.294 e. The van der Waals surface area contributed by atoms with Crippen molar-refractivity contribution in [2.45, 2.75) is 20.8 Å². The zero-order chi connectivity index (χ0) is 19.8. The lowest BCUT2D eigenvalue weighted by Crippen LogP contribution is -2.38. The van der Waals surface area contributed by atoms with Gasteiger partial charge in [-0.25, -0.2) is 0 Å². The summed E-state index contributed by atoms with van der Waals surface area (Å²) < 4.78 is 11.1. The SMILES string of the molecule is COc1cccc2oc(C(=O)N(CC(C)(C)C)c3c(Cl)cncc3Cl)cc12. The average Bonchev–Trinajstić information content (AvgIpc) is 3.03. The van der Waals surface area contributed by atoms with Crippen LogP contribution in [0.3, 0.4) is 0 Å². The van der Waals surface area contributed by atoms with E-state index in [4.69, 9.17) is 32.4 Å². The van der Waals surface area contributed by atoms with Gasteiger partial charge in [-0.05, 0) is 17.5 Å². The van der Waals surface area contributed by atoms with Gasteiger partial charge >= 0.3 is 0 Å². The predicted octanol–water partition coefficient (Wildman–Crippen LogP) is 5.84. The Bertz CT molecular complexity index is 972. The molecule has 0 bridgehead atoms. The van der Waals surface area contributed by atoms with Crippen LogP contribution < -0.4 is 9.64 Å². The third-order valence-corrected chi connectivity index (χ3v) is 4.48. The van der Waals surface area contributed by atoms with E-state index >= 15 is 0 Å². The molecule has 142 valence electrons. The maximum atomic E-state index is 13.4. The second-order valence-electron chi connectivity index (χ2n) is 7.39. The van der Waals surface area contributed by atoms with Gasteiger partial charge in [-0.15, -0.1) is 0 Å². The van der Waals surface area contributed by atoms with Crippen molar-refractivity contribution in [1.29, 1.82) is 0 Å². The van der Waals surface area contributed by atoms with Crippen LogP contribution in [0.2, 0.25) is 10.0 Å². The fourth-order valence-electron chi connectivity index (χ4n) is 2.84. The van der Waals surface area contributed by atoms with Crippen molar-refractivity contribution >= 4 is 45.8 Å². The molecule has 7 heteroatoms. The van der Waals surface area contributed by atoms with Crippen molar-refractivity contribution in [3.05, 3.63) is 52.5 Å². The monoisotopic (exact) mass is 406 g/mol. The Morgan fingerprint density at radius 1 is 1.22 bits per heavy atom. The molecule has 0 atom stereocenters. The third-order valence-electron chi connectivity index (χ3n) is 3.93. The first kappa shape index (κ1) is 19.5. The highest BCUT2D eigenvalue weighted by atomic mass is 35.5. The molecule has 0 saturated heterocycles. The Balaban J connectivity index is 2.11. The smallest absolute Gasteiger partial charge is 0.294 e. The number of anilines is 1. The molecule has 5 nitrogen and oxygen atoms in total. The topological polar surface area (TPSA) is 55.6 Å². The molecule has 0 saturated carbocycles. The molecule has 0 aliphatic heterocycles. The molecule has 0 N–H and O–H groups in total. The quantitative estimate of drug-likeness (QED) is 0.546. The summed E-state index contributed by atoms with van der Waals surface area (Å²) in [7, 11) is 1.58.